The molecule has 1 aliphatic heterocycles. The fourth-order valence-electron chi connectivity index (χ4n) is 2.99. The number of nitrogens with one attached hydrogen (secondary N) is 1. The molecular weight excluding hydrogens is 296 g/mol. The van der Waals surface area contributed by atoms with Gasteiger partial charge >= 0.3 is 0 Å². The van der Waals surface area contributed by atoms with E-state index in [4.69, 9.17) is 4.52 Å². The first-order chi connectivity index (χ1) is 11.1. The Balaban J connectivity index is 1.42. The van der Waals surface area contributed by atoms with Crippen molar-refractivity contribution in [3.05, 3.63) is 23.5 Å². The van der Waals surface area contributed by atoms with Gasteiger partial charge < -0.3 is 14.4 Å². The molecule has 8 heteroatoms. The van der Waals surface area contributed by atoms with Crippen LogP contribution >= 0.6 is 0 Å². The standard InChI is InChI=1S/C15H20N6O2/c1-9-7-12(19-23-9)16-15(22)10(2)20-5-6-21-13(8-20)17-18-14(21)11-3-4-11/h7,10-11H,3-6,8H2,1-2H3,(H,16,19,22)/t10-/m1/s1. The van der Waals surface area contributed by atoms with E-state index < -0.39 is 0 Å². The molecule has 1 fully saturated rings. The fraction of sp³-hybridized carbons (Fsp3) is 0.600. The van der Waals surface area contributed by atoms with Gasteiger partial charge in [0.15, 0.2) is 5.82 Å². The summed E-state index contributed by atoms with van der Waals surface area (Å²) in [5.41, 5.74) is 0. The van der Waals surface area contributed by atoms with Gasteiger partial charge in [0.2, 0.25) is 5.91 Å². The number of hydrogen-bond acceptors (Lipinski definition) is 6. The zero-order valence-corrected chi connectivity index (χ0v) is 13.3. The minimum absolute atomic E-state index is 0.0892. The third-order valence-electron chi connectivity index (χ3n) is 4.56. The number of carbonyl (C=O) groups is 1. The molecule has 3 heterocycles. The maximum absolute atomic E-state index is 12.4. The number of anilines is 1. The van der Waals surface area contributed by atoms with Crippen LogP contribution in [0.25, 0.3) is 0 Å². The molecule has 1 saturated carbocycles. The van der Waals surface area contributed by atoms with E-state index in [1.54, 1.807) is 13.0 Å². The number of nitrogens with zero attached hydrogens (tertiary/aromatic N) is 5. The predicted molar refractivity (Wildman–Crippen MR) is 81.7 cm³/mol. The highest BCUT2D eigenvalue weighted by Crippen LogP contribution is 2.39. The molecule has 0 unspecified atom stereocenters. The van der Waals surface area contributed by atoms with Gasteiger partial charge in [-0.05, 0) is 26.7 Å². The average molecular weight is 316 g/mol. The van der Waals surface area contributed by atoms with Crippen molar-refractivity contribution in [2.24, 2.45) is 0 Å². The molecule has 2 aromatic rings. The Morgan fingerprint density at radius 1 is 1.39 bits per heavy atom. The quantitative estimate of drug-likeness (QED) is 0.914. The molecule has 23 heavy (non-hydrogen) atoms. The number of carbonyl (C=O) groups excluding carboxylic acids is 1. The third-order valence-corrected chi connectivity index (χ3v) is 4.56. The van der Waals surface area contributed by atoms with Gasteiger partial charge in [-0.1, -0.05) is 5.16 Å². The molecule has 4 rings (SSSR count). The van der Waals surface area contributed by atoms with Crippen LogP contribution in [0.2, 0.25) is 0 Å². The first kappa shape index (κ1) is 14.4. The number of rotatable bonds is 4. The second kappa shape index (κ2) is 5.45. The Labute approximate surface area is 133 Å². The van der Waals surface area contributed by atoms with E-state index in [0.29, 0.717) is 24.0 Å². The summed E-state index contributed by atoms with van der Waals surface area (Å²) >= 11 is 0. The summed E-state index contributed by atoms with van der Waals surface area (Å²) in [6.45, 7) is 6.00. The minimum Gasteiger partial charge on any atom is -0.360 e. The predicted octanol–water partition coefficient (Wildman–Crippen LogP) is 1.29. The number of aryl methyl sites for hydroxylation is 1. The summed E-state index contributed by atoms with van der Waals surface area (Å²) in [4.78, 5) is 14.5. The molecule has 1 N–H and O–H groups in total. The van der Waals surface area contributed by atoms with Crippen molar-refractivity contribution < 1.29 is 9.32 Å². The molecule has 0 spiro atoms. The summed E-state index contributed by atoms with van der Waals surface area (Å²) in [6, 6.07) is 1.45. The lowest BCUT2D eigenvalue weighted by Gasteiger charge is -2.31. The molecule has 1 atom stereocenters. The van der Waals surface area contributed by atoms with E-state index in [9.17, 15) is 4.79 Å². The normalized spacial score (nSPS) is 19.4. The van der Waals surface area contributed by atoms with Crippen LogP contribution in [0.15, 0.2) is 10.6 Å². The Bertz CT molecular complexity index is 732. The Morgan fingerprint density at radius 3 is 2.91 bits per heavy atom. The lowest BCUT2D eigenvalue weighted by molar-refractivity contribution is -0.121. The molecule has 1 amide bonds. The molecule has 0 bridgehead atoms. The van der Waals surface area contributed by atoms with Crippen molar-refractivity contribution in [2.75, 3.05) is 11.9 Å². The van der Waals surface area contributed by atoms with Gasteiger partial charge in [-0.2, -0.15) is 0 Å². The van der Waals surface area contributed by atoms with E-state index in [1.807, 2.05) is 6.92 Å². The van der Waals surface area contributed by atoms with E-state index in [2.05, 4.69) is 30.1 Å². The molecule has 8 nitrogen and oxygen atoms in total. The van der Waals surface area contributed by atoms with Gasteiger partial charge in [0.05, 0.1) is 12.6 Å². The lowest BCUT2D eigenvalue weighted by atomic mass is 10.2. The van der Waals surface area contributed by atoms with Gasteiger partial charge in [0.1, 0.15) is 17.4 Å². The van der Waals surface area contributed by atoms with Crippen LogP contribution in [-0.4, -0.2) is 43.3 Å². The third kappa shape index (κ3) is 2.74. The van der Waals surface area contributed by atoms with Crippen LogP contribution < -0.4 is 5.32 Å². The first-order valence-electron chi connectivity index (χ1n) is 8.02. The summed E-state index contributed by atoms with van der Waals surface area (Å²) in [5, 5.41) is 15.2. The Kier molecular flexibility index (Phi) is 3.41. The van der Waals surface area contributed by atoms with Crippen LogP contribution in [-0.2, 0) is 17.9 Å². The Hall–Kier alpha value is -2.22. The van der Waals surface area contributed by atoms with Crippen LogP contribution in [0.3, 0.4) is 0 Å². The molecule has 0 saturated heterocycles. The molecule has 0 radical (unpaired) electrons. The Morgan fingerprint density at radius 2 is 2.22 bits per heavy atom. The van der Waals surface area contributed by atoms with Crippen LogP contribution in [0.1, 0.15) is 43.1 Å². The van der Waals surface area contributed by atoms with Crippen molar-refractivity contribution >= 4 is 11.7 Å². The van der Waals surface area contributed by atoms with E-state index in [-0.39, 0.29) is 11.9 Å². The van der Waals surface area contributed by atoms with E-state index in [1.165, 1.54) is 12.8 Å². The van der Waals surface area contributed by atoms with Crippen molar-refractivity contribution in [1.29, 1.82) is 0 Å². The van der Waals surface area contributed by atoms with Gasteiger partial charge in [-0.3, -0.25) is 9.69 Å². The van der Waals surface area contributed by atoms with Gasteiger partial charge in [-0.15, -0.1) is 10.2 Å². The highest BCUT2D eigenvalue weighted by Gasteiger charge is 2.33. The minimum atomic E-state index is -0.262. The number of hydrogen-bond donors (Lipinski definition) is 1. The topological polar surface area (TPSA) is 89.1 Å². The van der Waals surface area contributed by atoms with E-state index in [0.717, 1.165) is 24.7 Å². The lowest BCUT2D eigenvalue weighted by Crippen LogP contribution is -2.46. The zero-order valence-electron chi connectivity index (χ0n) is 13.3. The van der Waals surface area contributed by atoms with Crippen molar-refractivity contribution in [3.63, 3.8) is 0 Å². The van der Waals surface area contributed by atoms with Crippen molar-refractivity contribution in [1.82, 2.24) is 24.8 Å². The van der Waals surface area contributed by atoms with Gasteiger partial charge in [0, 0.05) is 25.1 Å². The number of aromatic nitrogens is 4. The maximum Gasteiger partial charge on any atom is 0.242 e. The highest BCUT2D eigenvalue weighted by atomic mass is 16.5. The first-order valence-corrected chi connectivity index (χ1v) is 8.02. The second-order valence-electron chi connectivity index (χ2n) is 6.36. The highest BCUT2D eigenvalue weighted by molar-refractivity contribution is 5.93. The number of fused-ring (bicyclic) bond motifs is 1. The monoisotopic (exact) mass is 316 g/mol. The molecule has 2 aromatic heterocycles. The molecule has 1 aliphatic carbocycles. The van der Waals surface area contributed by atoms with Gasteiger partial charge in [-0.25, -0.2) is 0 Å². The second-order valence-corrected chi connectivity index (χ2v) is 6.36. The van der Waals surface area contributed by atoms with E-state index >= 15 is 0 Å². The summed E-state index contributed by atoms with van der Waals surface area (Å²) < 4.78 is 7.19. The molecule has 122 valence electrons. The van der Waals surface area contributed by atoms with Crippen molar-refractivity contribution in [2.45, 2.75) is 51.7 Å². The average Bonchev–Trinajstić information content (AvgIpc) is 3.17. The smallest absolute Gasteiger partial charge is 0.242 e. The number of amides is 1. The summed E-state index contributed by atoms with van der Waals surface area (Å²) in [6.07, 6.45) is 2.44. The summed E-state index contributed by atoms with van der Waals surface area (Å²) in [5.74, 6) is 3.71. The molecular formula is C15H20N6O2. The maximum atomic E-state index is 12.4. The zero-order chi connectivity index (χ0) is 16.0. The van der Waals surface area contributed by atoms with Crippen LogP contribution in [0, 0.1) is 6.92 Å². The summed E-state index contributed by atoms with van der Waals surface area (Å²) in [7, 11) is 0. The molecule has 0 aromatic carbocycles. The van der Waals surface area contributed by atoms with Crippen LogP contribution in [0.5, 0.6) is 0 Å². The van der Waals surface area contributed by atoms with Crippen LogP contribution in [0.4, 0.5) is 5.82 Å². The van der Waals surface area contributed by atoms with Gasteiger partial charge in [0.25, 0.3) is 0 Å². The van der Waals surface area contributed by atoms with Crippen molar-refractivity contribution in [3.8, 4) is 0 Å². The molecule has 2 aliphatic rings. The largest absolute Gasteiger partial charge is 0.360 e. The SMILES string of the molecule is Cc1cc(NC(=O)[C@@H](C)N2CCn3c(nnc3C3CC3)C2)no1. The fourth-order valence-corrected chi connectivity index (χ4v) is 2.99.